The summed E-state index contributed by atoms with van der Waals surface area (Å²) in [5, 5.41) is 4.46. The van der Waals surface area contributed by atoms with E-state index < -0.39 is 0 Å². The standard InChI is InChI=1S/C20H18ClN3O3/c1-2-23(12-14-8-9-17-18(10-14)27-13-26-17)16-11-22-24(20(25)19(16)21)15-6-4-3-5-7-15/h3-11H,2,12-13H2,1H3. The molecule has 0 fully saturated rings. The Balaban J connectivity index is 1.65. The summed E-state index contributed by atoms with van der Waals surface area (Å²) in [7, 11) is 0. The number of fused-ring (bicyclic) bond motifs is 1. The largest absolute Gasteiger partial charge is 0.454 e. The first kappa shape index (κ1) is 17.4. The van der Waals surface area contributed by atoms with E-state index in [0.717, 1.165) is 17.1 Å². The monoisotopic (exact) mass is 383 g/mol. The second-order valence-corrected chi connectivity index (χ2v) is 6.48. The molecule has 1 aromatic heterocycles. The van der Waals surface area contributed by atoms with Crippen LogP contribution in [0.25, 0.3) is 5.69 Å². The molecule has 1 aliphatic heterocycles. The Bertz CT molecular complexity index is 1020. The maximum absolute atomic E-state index is 12.7. The van der Waals surface area contributed by atoms with E-state index in [2.05, 4.69) is 5.10 Å². The lowest BCUT2D eigenvalue weighted by atomic mass is 10.2. The molecule has 0 aliphatic carbocycles. The summed E-state index contributed by atoms with van der Waals surface area (Å²) in [5.41, 5.74) is 1.97. The van der Waals surface area contributed by atoms with E-state index in [1.165, 1.54) is 4.68 Å². The molecule has 6 nitrogen and oxygen atoms in total. The fourth-order valence-corrected chi connectivity index (χ4v) is 3.27. The molecule has 27 heavy (non-hydrogen) atoms. The van der Waals surface area contributed by atoms with E-state index in [4.69, 9.17) is 21.1 Å². The summed E-state index contributed by atoms with van der Waals surface area (Å²) < 4.78 is 12.1. The van der Waals surface area contributed by atoms with Crippen molar-refractivity contribution in [1.29, 1.82) is 0 Å². The second kappa shape index (κ2) is 7.32. The zero-order valence-corrected chi connectivity index (χ0v) is 15.5. The predicted molar refractivity (Wildman–Crippen MR) is 104 cm³/mol. The Morgan fingerprint density at radius 3 is 2.70 bits per heavy atom. The quantitative estimate of drug-likeness (QED) is 0.673. The highest BCUT2D eigenvalue weighted by molar-refractivity contribution is 6.33. The van der Waals surface area contributed by atoms with E-state index in [1.54, 1.807) is 6.20 Å². The number of ether oxygens (including phenoxy) is 2. The number of anilines is 1. The van der Waals surface area contributed by atoms with E-state index in [-0.39, 0.29) is 17.4 Å². The third kappa shape index (κ3) is 3.36. The van der Waals surface area contributed by atoms with Crippen LogP contribution in [0, 0.1) is 0 Å². The molecule has 0 unspecified atom stereocenters. The van der Waals surface area contributed by atoms with Crippen molar-refractivity contribution in [2.24, 2.45) is 0 Å². The van der Waals surface area contributed by atoms with Crippen molar-refractivity contribution in [3.8, 4) is 17.2 Å². The van der Waals surface area contributed by atoms with Gasteiger partial charge in [-0.1, -0.05) is 35.9 Å². The van der Waals surface area contributed by atoms with Gasteiger partial charge in [0, 0.05) is 13.1 Å². The molecule has 0 saturated carbocycles. The van der Waals surface area contributed by atoms with Crippen molar-refractivity contribution in [1.82, 2.24) is 9.78 Å². The molecule has 7 heteroatoms. The van der Waals surface area contributed by atoms with Gasteiger partial charge in [0.1, 0.15) is 5.02 Å². The summed E-state index contributed by atoms with van der Waals surface area (Å²) in [4.78, 5) is 14.7. The maximum atomic E-state index is 12.7. The van der Waals surface area contributed by atoms with Gasteiger partial charge in [-0.2, -0.15) is 9.78 Å². The molecule has 2 aromatic carbocycles. The van der Waals surface area contributed by atoms with Gasteiger partial charge in [0.05, 0.1) is 17.6 Å². The molecular weight excluding hydrogens is 366 g/mol. The van der Waals surface area contributed by atoms with Crippen LogP contribution in [0.15, 0.2) is 59.5 Å². The van der Waals surface area contributed by atoms with Crippen LogP contribution in [0.4, 0.5) is 5.69 Å². The smallest absolute Gasteiger partial charge is 0.292 e. The fourth-order valence-electron chi connectivity index (χ4n) is 3.02. The van der Waals surface area contributed by atoms with Crippen LogP contribution in [0.3, 0.4) is 0 Å². The molecule has 0 bridgehead atoms. The lowest BCUT2D eigenvalue weighted by molar-refractivity contribution is 0.174. The lowest BCUT2D eigenvalue weighted by Crippen LogP contribution is -2.28. The van der Waals surface area contributed by atoms with Crippen molar-refractivity contribution in [3.05, 3.63) is 75.7 Å². The van der Waals surface area contributed by atoms with Gasteiger partial charge < -0.3 is 14.4 Å². The Morgan fingerprint density at radius 1 is 1.15 bits per heavy atom. The fraction of sp³-hybridized carbons (Fsp3) is 0.200. The first-order valence-electron chi connectivity index (χ1n) is 8.64. The molecule has 2 heterocycles. The van der Waals surface area contributed by atoms with E-state index in [1.807, 2.05) is 60.4 Å². The highest BCUT2D eigenvalue weighted by atomic mass is 35.5. The normalized spacial score (nSPS) is 12.2. The van der Waals surface area contributed by atoms with Crippen LogP contribution in [-0.4, -0.2) is 23.1 Å². The van der Waals surface area contributed by atoms with Gasteiger partial charge in [-0.05, 0) is 36.8 Å². The summed E-state index contributed by atoms with van der Waals surface area (Å²) in [6.45, 7) is 3.49. The van der Waals surface area contributed by atoms with Gasteiger partial charge in [-0.25, -0.2) is 0 Å². The van der Waals surface area contributed by atoms with Crippen LogP contribution in [0.1, 0.15) is 12.5 Å². The van der Waals surface area contributed by atoms with Crippen LogP contribution in [-0.2, 0) is 6.54 Å². The molecule has 0 N–H and O–H groups in total. The van der Waals surface area contributed by atoms with Gasteiger partial charge >= 0.3 is 0 Å². The second-order valence-electron chi connectivity index (χ2n) is 6.10. The van der Waals surface area contributed by atoms with Crippen LogP contribution in [0.2, 0.25) is 5.02 Å². The van der Waals surface area contributed by atoms with Crippen molar-refractivity contribution >= 4 is 17.3 Å². The van der Waals surface area contributed by atoms with E-state index in [9.17, 15) is 4.79 Å². The number of halogens is 1. The molecule has 0 spiro atoms. The molecule has 4 rings (SSSR count). The molecule has 3 aromatic rings. The molecule has 0 saturated heterocycles. The summed E-state index contributed by atoms with van der Waals surface area (Å²) in [5.74, 6) is 1.47. The SMILES string of the molecule is CCN(Cc1ccc2c(c1)OCO2)c1cnn(-c2ccccc2)c(=O)c1Cl. The number of nitrogens with zero attached hydrogens (tertiary/aromatic N) is 3. The van der Waals surface area contributed by atoms with Gasteiger partial charge in [-0.15, -0.1) is 0 Å². The van der Waals surface area contributed by atoms with Crippen molar-refractivity contribution in [2.75, 3.05) is 18.2 Å². The predicted octanol–water partition coefficient (Wildman–Crippen LogP) is 3.64. The zero-order valence-electron chi connectivity index (χ0n) is 14.8. The van der Waals surface area contributed by atoms with E-state index >= 15 is 0 Å². The van der Waals surface area contributed by atoms with Crippen LogP contribution < -0.4 is 19.9 Å². The molecular formula is C20H18ClN3O3. The number of benzene rings is 2. The molecule has 0 radical (unpaired) electrons. The van der Waals surface area contributed by atoms with Gasteiger partial charge in [0.2, 0.25) is 6.79 Å². The number of hydrogen-bond donors (Lipinski definition) is 0. The summed E-state index contributed by atoms with van der Waals surface area (Å²) in [6.07, 6.45) is 1.63. The minimum absolute atomic E-state index is 0.149. The molecule has 1 aliphatic rings. The van der Waals surface area contributed by atoms with Gasteiger partial charge in [0.25, 0.3) is 5.56 Å². The first-order valence-corrected chi connectivity index (χ1v) is 9.02. The number of rotatable bonds is 5. The minimum Gasteiger partial charge on any atom is -0.454 e. The lowest BCUT2D eigenvalue weighted by Gasteiger charge is -2.24. The average molecular weight is 384 g/mol. The Kier molecular flexibility index (Phi) is 4.73. The van der Waals surface area contributed by atoms with Crippen LogP contribution >= 0.6 is 11.6 Å². The van der Waals surface area contributed by atoms with E-state index in [0.29, 0.717) is 24.5 Å². The van der Waals surface area contributed by atoms with Crippen molar-refractivity contribution < 1.29 is 9.47 Å². The number of aromatic nitrogens is 2. The third-order valence-electron chi connectivity index (χ3n) is 4.43. The van der Waals surface area contributed by atoms with Gasteiger partial charge in [-0.3, -0.25) is 4.79 Å². The topological polar surface area (TPSA) is 56.6 Å². The molecule has 0 atom stereocenters. The number of hydrogen-bond acceptors (Lipinski definition) is 5. The summed E-state index contributed by atoms with van der Waals surface area (Å²) in [6, 6.07) is 15.0. The molecule has 138 valence electrons. The third-order valence-corrected chi connectivity index (χ3v) is 4.79. The summed E-state index contributed by atoms with van der Waals surface area (Å²) >= 11 is 6.42. The Hall–Kier alpha value is -2.99. The molecule has 0 amide bonds. The van der Waals surface area contributed by atoms with Crippen molar-refractivity contribution in [3.63, 3.8) is 0 Å². The maximum Gasteiger partial charge on any atom is 0.292 e. The Labute approximate surface area is 161 Å². The van der Waals surface area contributed by atoms with Gasteiger partial charge in [0.15, 0.2) is 11.5 Å². The highest BCUT2D eigenvalue weighted by Crippen LogP contribution is 2.33. The van der Waals surface area contributed by atoms with Crippen molar-refractivity contribution in [2.45, 2.75) is 13.5 Å². The minimum atomic E-state index is -0.343. The Morgan fingerprint density at radius 2 is 1.93 bits per heavy atom. The van der Waals surface area contributed by atoms with Crippen LogP contribution in [0.5, 0.6) is 11.5 Å². The number of para-hydroxylation sites is 1. The first-order chi connectivity index (χ1) is 13.2. The highest BCUT2D eigenvalue weighted by Gasteiger charge is 2.18. The average Bonchev–Trinajstić information content (AvgIpc) is 3.17. The zero-order chi connectivity index (χ0) is 18.8.